The number of carbonyl (C=O) groups excluding carboxylic acids is 1. The molecule has 3 heteroatoms. The maximum Gasteiger partial charge on any atom is 0.253 e. The number of aryl methyl sites for hydroxylation is 2. The normalized spacial score (nSPS) is 10.3. The number of hydrogen-bond donors (Lipinski definition) is 2. The zero-order valence-corrected chi connectivity index (χ0v) is 9.81. The van der Waals surface area contributed by atoms with Crippen LogP contribution in [0.4, 0.5) is 0 Å². The Bertz CT molecular complexity index is 328. The Morgan fingerprint density at radius 2 is 2.13 bits per heavy atom. The Morgan fingerprint density at radius 3 is 2.67 bits per heavy atom. The number of H-pyrrole nitrogens is 1. The summed E-state index contributed by atoms with van der Waals surface area (Å²) in [5.41, 5.74) is 2.75. The molecule has 0 radical (unpaired) electrons. The van der Waals surface area contributed by atoms with Crippen LogP contribution in [-0.2, 0) is 0 Å². The maximum absolute atomic E-state index is 11.7. The zero-order chi connectivity index (χ0) is 11.3. The van der Waals surface area contributed by atoms with Gasteiger partial charge in [0.25, 0.3) is 5.91 Å². The lowest BCUT2D eigenvalue weighted by Crippen LogP contribution is -2.24. The average Bonchev–Trinajstić information content (AvgIpc) is 2.52. The number of carbonyl (C=O) groups is 1. The molecule has 1 rings (SSSR count). The fraction of sp³-hybridized carbons (Fsp3) is 0.583. The molecule has 0 bridgehead atoms. The Balaban J connectivity index is 2.43. The highest BCUT2D eigenvalue weighted by Gasteiger charge is 2.09. The molecule has 1 heterocycles. The number of unbranched alkanes of at least 4 members (excludes halogenated alkanes) is 2. The first-order chi connectivity index (χ1) is 7.15. The second kappa shape index (κ2) is 5.59. The summed E-state index contributed by atoms with van der Waals surface area (Å²) in [5.74, 6) is 0.0351. The molecule has 1 aromatic rings. The molecule has 0 spiro atoms. The molecule has 84 valence electrons. The molecule has 0 fully saturated rings. The van der Waals surface area contributed by atoms with Gasteiger partial charge in [0.2, 0.25) is 0 Å². The third-order valence-electron chi connectivity index (χ3n) is 2.46. The standard InChI is InChI=1S/C12H20N2O/c1-4-5-6-7-13-12(15)11-8-9(2)14-10(11)3/h8,14H,4-7H2,1-3H3,(H,13,15). The van der Waals surface area contributed by atoms with Crippen molar-refractivity contribution in [2.45, 2.75) is 40.0 Å². The van der Waals surface area contributed by atoms with E-state index in [9.17, 15) is 4.79 Å². The third-order valence-corrected chi connectivity index (χ3v) is 2.46. The van der Waals surface area contributed by atoms with Crippen LogP contribution < -0.4 is 5.32 Å². The zero-order valence-electron chi connectivity index (χ0n) is 9.81. The van der Waals surface area contributed by atoms with Crippen LogP contribution in [0.25, 0.3) is 0 Å². The van der Waals surface area contributed by atoms with Crippen molar-refractivity contribution in [2.75, 3.05) is 6.54 Å². The summed E-state index contributed by atoms with van der Waals surface area (Å²) in [6.45, 7) is 6.81. The van der Waals surface area contributed by atoms with E-state index in [0.29, 0.717) is 0 Å². The molecule has 3 nitrogen and oxygen atoms in total. The van der Waals surface area contributed by atoms with Crippen molar-refractivity contribution in [2.24, 2.45) is 0 Å². The van der Waals surface area contributed by atoms with Gasteiger partial charge in [0.15, 0.2) is 0 Å². The van der Waals surface area contributed by atoms with Gasteiger partial charge in [-0.1, -0.05) is 19.8 Å². The number of aromatic nitrogens is 1. The van der Waals surface area contributed by atoms with Crippen LogP contribution in [0.3, 0.4) is 0 Å². The molecule has 2 N–H and O–H groups in total. The highest BCUT2D eigenvalue weighted by atomic mass is 16.1. The summed E-state index contributed by atoms with van der Waals surface area (Å²) < 4.78 is 0. The Morgan fingerprint density at radius 1 is 1.40 bits per heavy atom. The average molecular weight is 208 g/mol. The van der Waals surface area contributed by atoms with E-state index in [0.717, 1.165) is 29.9 Å². The van der Waals surface area contributed by atoms with Crippen molar-refractivity contribution < 1.29 is 4.79 Å². The van der Waals surface area contributed by atoms with Crippen molar-refractivity contribution in [1.29, 1.82) is 0 Å². The lowest BCUT2D eigenvalue weighted by molar-refractivity contribution is 0.0952. The van der Waals surface area contributed by atoms with Crippen molar-refractivity contribution in [3.8, 4) is 0 Å². The predicted molar refractivity (Wildman–Crippen MR) is 62.1 cm³/mol. The monoisotopic (exact) mass is 208 g/mol. The molecule has 0 saturated carbocycles. The molecule has 0 aliphatic carbocycles. The summed E-state index contributed by atoms with van der Waals surface area (Å²) in [6, 6.07) is 1.89. The lowest BCUT2D eigenvalue weighted by atomic mass is 10.2. The van der Waals surface area contributed by atoms with Crippen molar-refractivity contribution in [1.82, 2.24) is 10.3 Å². The van der Waals surface area contributed by atoms with Gasteiger partial charge in [-0.25, -0.2) is 0 Å². The van der Waals surface area contributed by atoms with Gasteiger partial charge >= 0.3 is 0 Å². The van der Waals surface area contributed by atoms with Gasteiger partial charge in [-0.15, -0.1) is 0 Å². The number of nitrogens with one attached hydrogen (secondary N) is 2. The molecule has 0 unspecified atom stereocenters. The fourth-order valence-corrected chi connectivity index (χ4v) is 1.63. The first-order valence-corrected chi connectivity index (χ1v) is 5.59. The minimum atomic E-state index is 0.0351. The van der Waals surface area contributed by atoms with Gasteiger partial charge in [-0.05, 0) is 26.3 Å². The maximum atomic E-state index is 11.7. The van der Waals surface area contributed by atoms with Crippen LogP contribution in [0, 0.1) is 13.8 Å². The Labute approximate surface area is 91.3 Å². The fourth-order valence-electron chi connectivity index (χ4n) is 1.63. The van der Waals surface area contributed by atoms with Crippen LogP contribution >= 0.6 is 0 Å². The van der Waals surface area contributed by atoms with E-state index in [4.69, 9.17) is 0 Å². The minimum Gasteiger partial charge on any atom is -0.362 e. The molecular formula is C12H20N2O. The van der Waals surface area contributed by atoms with E-state index in [2.05, 4.69) is 17.2 Å². The van der Waals surface area contributed by atoms with Crippen molar-refractivity contribution >= 4 is 5.91 Å². The van der Waals surface area contributed by atoms with Crippen LogP contribution in [0.5, 0.6) is 0 Å². The smallest absolute Gasteiger partial charge is 0.253 e. The van der Waals surface area contributed by atoms with Crippen LogP contribution in [0.15, 0.2) is 6.07 Å². The molecule has 0 atom stereocenters. The van der Waals surface area contributed by atoms with Crippen LogP contribution in [0.2, 0.25) is 0 Å². The van der Waals surface area contributed by atoms with E-state index in [1.165, 1.54) is 12.8 Å². The number of amides is 1. The van der Waals surface area contributed by atoms with Gasteiger partial charge in [-0.3, -0.25) is 4.79 Å². The highest BCUT2D eigenvalue weighted by molar-refractivity contribution is 5.95. The van der Waals surface area contributed by atoms with E-state index >= 15 is 0 Å². The van der Waals surface area contributed by atoms with E-state index in [1.54, 1.807) is 0 Å². The summed E-state index contributed by atoms with van der Waals surface area (Å²) >= 11 is 0. The first kappa shape index (κ1) is 11.8. The molecule has 1 aromatic heterocycles. The Kier molecular flexibility index (Phi) is 4.40. The van der Waals surface area contributed by atoms with Gasteiger partial charge < -0.3 is 10.3 Å². The van der Waals surface area contributed by atoms with Gasteiger partial charge in [-0.2, -0.15) is 0 Å². The van der Waals surface area contributed by atoms with Crippen molar-refractivity contribution in [3.05, 3.63) is 23.0 Å². The van der Waals surface area contributed by atoms with Crippen LogP contribution in [0.1, 0.15) is 47.9 Å². The molecule has 0 aliphatic heterocycles. The predicted octanol–water partition coefficient (Wildman–Crippen LogP) is 2.55. The summed E-state index contributed by atoms with van der Waals surface area (Å²) in [5, 5.41) is 2.93. The van der Waals surface area contributed by atoms with E-state index in [-0.39, 0.29) is 5.91 Å². The first-order valence-electron chi connectivity index (χ1n) is 5.59. The topological polar surface area (TPSA) is 44.9 Å². The number of hydrogen-bond acceptors (Lipinski definition) is 1. The third kappa shape index (κ3) is 3.42. The largest absolute Gasteiger partial charge is 0.362 e. The SMILES string of the molecule is CCCCCNC(=O)c1cc(C)[nH]c1C. The van der Waals surface area contributed by atoms with E-state index < -0.39 is 0 Å². The van der Waals surface area contributed by atoms with Crippen LogP contribution in [-0.4, -0.2) is 17.4 Å². The van der Waals surface area contributed by atoms with Gasteiger partial charge in [0, 0.05) is 17.9 Å². The second-order valence-electron chi connectivity index (χ2n) is 3.95. The molecule has 1 amide bonds. The van der Waals surface area contributed by atoms with Gasteiger partial charge in [0.1, 0.15) is 0 Å². The quantitative estimate of drug-likeness (QED) is 0.718. The number of rotatable bonds is 5. The lowest BCUT2D eigenvalue weighted by Gasteiger charge is -2.03. The molecule has 0 aliphatic rings. The van der Waals surface area contributed by atoms with Crippen molar-refractivity contribution in [3.63, 3.8) is 0 Å². The molecule has 15 heavy (non-hydrogen) atoms. The highest BCUT2D eigenvalue weighted by Crippen LogP contribution is 2.08. The number of aromatic amines is 1. The summed E-state index contributed by atoms with van der Waals surface area (Å²) in [7, 11) is 0. The second-order valence-corrected chi connectivity index (χ2v) is 3.95. The summed E-state index contributed by atoms with van der Waals surface area (Å²) in [4.78, 5) is 14.8. The van der Waals surface area contributed by atoms with Gasteiger partial charge in [0.05, 0.1) is 5.56 Å². The Hall–Kier alpha value is -1.25. The molecular weight excluding hydrogens is 188 g/mol. The molecule has 0 saturated heterocycles. The van der Waals surface area contributed by atoms with E-state index in [1.807, 2.05) is 19.9 Å². The molecule has 0 aromatic carbocycles. The summed E-state index contributed by atoms with van der Waals surface area (Å²) in [6.07, 6.45) is 3.41. The minimum absolute atomic E-state index is 0.0351.